The normalized spacial score (nSPS) is 13.2. The molecule has 1 atom stereocenters. The van der Waals surface area contributed by atoms with Gasteiger partial charge in [-0.2, -0.15) is 0 Å². The van der Waals surface area contributed by atoms with Crippen molar-refractivity contribution in [1.82, 2.24) is 5.32 Å². The van der Waals surface area contributed by atoms with Crippen LogP contribution in [0.4, 0.5) is 4.79 Å². The van der Waals surface area contributed by atoms with Gasteiger partial charge in [0.1, 0.15) is 11.4 Å². The highest BCUT2D eigenvalue weighted by Gasteiger charge is 2.22. The van der Waals surface area contributed by atoms with Gasteiger partial charge in [0.15, 0.2) is 0 Å². The van der Waals surface area contributed by atoms with Gasteiger partial charge in [-0.25, -0.2) is 9.59 Å². The van der Waals surface area contributed by atoms with Crippen molar-refractivity contribution in [2.45, 2.75) is 45.4 Å². The second-order valence-electron chi connectivity index (χ2n) is 6.43. The van der Waals surface area contributed by atoms with Gasteiger partial charge in [-0.1, -0.05) is 30.3 Å². The highest BCUT2D eigenvalue weighted by molar-refractivity contribution is 5.80. The molecule has 0 aliphatic rings. The molecule has 0 radical (unpaired) electrons. The van der Waals surface area contributed by atoms with Crippen LogP contribution in [-0.4, -0.2) is 40.5 Å². The van der Waals surface area contributed by atoms with E-state index in [4.69, 9.17) is 14.6 Å². The number of rotatable bonds is 8. The fourth-order valence-electron chi connectivity index (χ4n) is 1.94. The Labute approximate surface area is 147 Å². The molecule has 1 aromatic carbocycles. The Hall–Kier alpha value is -2.54. The molecule has 0 spiro atoms. The van der Waals surface area contributed by atoms with Gasteiger partial charge in [0.05, 0.1) is 18.7 Å². The Bertz CT molecular complexity index is 591. The number of hydrogen-bond donors (Lipinski definition) is 3. The fraction of sp³-hybridized carbons (Fsp3) is 0.444. The van der Waals surface area contributed by atoms with E-state index in [2.05, 4.69) is 5.32 Å². The smallest absolute Gasteiger partial charge is 0.408 e. The van der Waals surface area contributed by atoms with E-state index in [1.165, 1.54) is 0 Å². The second-order valence-corrected chi connectivity index (χ2v) is 6.43. The van der Waals surface area contributed by atoms with Crippen LogP contribution < -0.4 is 5.32 Å². The monoisotopic (exact) mass is 351 g/mol. The van der Waals surface area contributed by atoms with Crippen molar-refractivity contribution in [3.63, 3.8) is 0 Å². The zero-order chi connectivity index (χ0) is 18.9. The Morgan fingerprint density at radius 2 is 1.84 bits per heavy atom. The SMILES string of the molecule is CC(C)(C)OC(=O)NC(CCOCc1ccccc1)/C(O)=C/C(=O)O. The first-order valence-corrected chi connectivity index (χ1v) is 7.92. The van der Waals surface area contributed by atoms with E-state index < -0.39 is 29.5 Å². The molecule has 0 aromatic heterocycles. The molecule has 0 bridgehead atoms. The summed E-state index contributed by atoms with van der Waals surface area (Å²) in [5.74, 6) is -1.78. The van der Waals surface area contributed by atoms with E-state index in [-0.39, 0.29) is 13.0 Å². The van der Waals surface area contributed by atoms with Crippen molar-refractivity contribution in [2.75, 3.05) is 6.61 Å². The minimum absolute atomic E-state index is 0.196. The first-order chi connectivity index (χ1) is 11.7. The second kappa shape index (κ2) is 9.68. The maximum absolute atomic E-state index is 11.9. The molecule has 25 heavy (non-hydrogen) atoms. The third kappa shape index (κ3) is 9.36. The fourth-order valence-corrected chi connectivity index (χ4v) is 1.94. The van der Waals surface area contributed by atoms with Crippen molar-refractivity contribution in [1.29, 1.82) is 0 Å². The standard InChI is InChI=1S/C18H25NO6/c1-18(2,3)25-17(23)19-14(15(20)11-16(21)22)9-10-24-12-13-7-5-4-6-8-13/h4-8,11,14,20H,9-10,12H2,1-3H3,(H,19,23)(H,21,22)/b15-11-. The highest BCUT2D eigenvalue weighted by Crippen LogP contribution is 2.10. The van der Waals surface area contributed by atoms with Gasteiger partial charge in [-0.15, -0.1) is 0 Å². The minimum atomic E-state index is -1.31. The van der Waals surface area contributed by atoms with Gasteiger partial charge in [-0.05, 0) is 32.8 Å². The van der Waals surface area contributed by atoms with E-state index in [1.54, 1.807) is 20.8 Å². The largest absolute Gasteiger partial charge is 0.510 e. The van der Waals surface area contributed by atoms with E-state index >= 15 is 0 Å². The molecular weight excluding hydrogens is 326 g/mol. The molecule has 138 valence electrons. The molecule has 0 aliphatic carbocycles. The maximum Gasteiger partial charge on any atom is 0.408 e. The predicted molar refractivity (Wildman–Crippen MR) is 92.2 cm³/mol. The number of amides is 1. The van der Waals surface area contributed by atoms with Crippen molar-refractivity contribution in [3.05, 3.63) is 47.7 Å². The molecule has 1 unspecified atom stereocenters. The molecule has 0 aliphatic heterocycles. The number of benzene rings is 1. The summed E-state index contributed by atoms with van der Waals surface area (Å²) in [7, 11) is 0. The van der Waals surface area contributed by atoms with Gasteiger partial charge in [0, 0.05) is 6.61 Å². The summed E-state index contributed by atoms with van der Waals surface area (Å²) in [6, 6.07) is 8.61. The topological polar surface area (TPSA) is 105 Å². The number of aliphatic hydroxyl groups is 1. The summed E-state index contributed by atoms with van der Waals surface area (Å²) in [6.45, 7) is 5.71. The van der Waals surface area contributed by atoms with Crippen LogP contribution in [0.5, 0.6) is 0 Å². The van der Waals surface area contributed by atoms with Gasteiger partial charge < -0.3 is 25.0 Å². The lowest BCUT2D eigenvalue weighted by molar-refractivity contribution is -0.131. The summed E-state index contributed by atoms with van der Waals surface area (Å²) < 4.78 is 10.6. The van der Waals surface area contributed by atoms with Crippen LogP contribution in [-0.2, 0) is 20.9 Å². The molecule has 0 fully saturated rings. The quantitative estimate of drug-likeness (QED) is 0.378. The third-order valence-corrected chi connectivity index (χ3v) is 2.98. The van der Waals surface area contributed by atoms with Gasteiger partial charge >= 0.3 is 12.1 Å². The summed E-state index contributed by atoms with van der Waals surface area (Å²) >= 11 is 0. The van der Waals surface area contributed by atoms with Crippen molar-refractivity contribution >= 4 is 12.1 Å². The highest BCUT2D eigenvalue weighted by atomic mass is 16.6. The van der Waals surface area contributed by atoms with Crippen LogP contribution in [0.2, 0.25) is 0 Å². The molecule has 1 aromatic rings. The van der Waals surface area contributed by atoms with Crippen LogP contribution in [0.1, 0.15) is 32.8 Å². The van der Waals surface area contributed by atoms with Crippen molar-refractivity contribution in [2.24, 2.45) is 0 Å². The Morgan fingerprint density at radius 1 is 1.20 bits per heavy atom. The molecule has 0 saturated heterocycles. The van der Waals surface area contributed by atoms with Crippen LogP contribution in [0.25, 0.3) is 0 Å². The first kappa shape index (κ1) is 20.5. The third-order valence-electron chi connectivity index (χ3n) is 2.98. The zero-order valence-corrected chi connectivity index (χ0v) is 14.7. The molecule has 1 rings (SSSR count). The number of aliphatic carboxylic acids is 1. The zero-order valence-electron chi connectivity index (χ0n) is 14.7. The average molecular weight is 351 g/mol. The molecule has 0 saturated carbocycles. The lowest BCUT2D eigenvalue weighted by Crippen LogP contribution is -2.41. The number of alkyl carbamates (subject to hydrolysis) is 1. The Morgan fingerprint density at radius 3 is 2.40 bits per heavy atom. The van der Waals surface area contributed by atoms with Crippen LogP contribution >= 0.6 is 0 Å². The number of hydrogen-bond acceptors (Lipinski definition) is 5. The van der Waals surface area contributed by atoms with Crippen molar-refractivity contribution < 1.29 is 29.3 Å². The Kier molecular flexibility index (Phi) is 7.94. The molecule has 7 heteroatoms. The van der Waals surface area contributed by atoms with Crippen molar-refractivity contribution in [3.8, 4) is 0 Å². The number of carboxylic acid groups (broad SMARTS) is 1. The molecule has 3 N–H and O–H groups in total. The van der Waals surface area contributed by atoms with E-state index in [0.717, 1.165) is 5.56 Å². The molecule has 7 nitrogen and oxygen atoms in total. The predicted octanol–water partition coefficient (Wildman–Crippen LogP) is 3.01. The number of nitrogens with one attached hydrogen (secondary N) is 1. The van der Waals surface area contributed by atoms with Crippen LogP contribution in [0.15, 0.2) is 42.2 Å². The van der Waals surface area contributed by atoms with Gasteiger partial charge in [0.25, 0.3) is 0 Å². The van der Waals surface area contributed by atoms with Crippen LogP contribution in [0.3, 0.4) is 0 Å². The van der Waals surface area contributed by atoms with E-state index in [9.17, 15) is 14.7 Å². The maximum atomic E-state index is 11.9. The number of aliphatic hydroxyl groups excluding tert-OH is 1. The average Bonchev–Trinajstić information content (AvgIpc) is 2.48. The number of ether oxygens (including phenoxy) is 2. The minimum Gasteiger partial charge on any atom is -0.510 e. The first-order valence-electron chi connectivity index (χ1n) is 7.92. The summed E-state index contributed by atoms with van der Waals surface area (Å²) in [6.07, 6.45) is 0.0897. The van der Waals surface area contributed by atoms with E-state index in [0.29, 0.717) is 12.7 Å². The number of carbonyl (C=O) groups excluding carboxylic acids is 1. The number of carbonyl (C=O) groups is 2. The van der Waals surface area contributed by atoms with Gasteiger partial charge in [-0.3, -0.25) is 0 Å². The summed E-state index contributed by atoms with van der Waals surface area (Å²) in [4.78, 5) is 22.6. The van der Waals surface area contributed by atoms with Gasteiger partial charge in [0.2, 0.25) is 0 Å². The number of carboxylic acids is 1. The lowest BCUT2D eigenvalue weighted by Gasteiger charge is -2.23. The molecule has 0 heterocycles. The summed E-state index contributed by atoms with van der Waals surface area (Å²) in [5.41, 5.74) is 0.286. The summed E-state index contributed by atoms with van der Waals surface area (Å²) in [5, 5.41) is 21.1. The molecular formula is C18H25NO6. The molecule has 1 amide bonds. The van der Waals surface area contributed by atoms with Crippen LogP contribution in [0, 0.1) is 0 Å². The van der Waals surface area contributed by atoms with E-state index in [1.807, 2.05) is 30.3 Å². The Balaban J connectivity index is 2.58. The lowest BCUT2D eigenvalue weighted by atomic mass is 10.1.